The molecule has 34 heavy (non-hydrogen) atoms. The molecule has 4 heteroatoms. The summed E-state index contributed by atoms with van der Waals surface area (Å²) < 4.78 is 0. The van der Waals surface area contributed by atoms with E-state index < -0.39 is 23.0 Å². The average molecular weight is 473 g/mol. The lowest BCUT2D eigenvalue weighted by Crippen LogP contribution is -2.66. The number of allylic oxidation sites excluding steroid dienone is 3. The first-order valence-electron chi connectivity index (χ1n) is 13.7. The Balaban J connectivity index is 1.62. The second-order valence-corrected chi connectivity index (χ2v) is 14.8. The molecule has 0 aromatic rings. The van der Waals surface area contributed by atoms with Gasteiger partial charge in [-0.1, -0.05) is 72.3 Å². The third kappa shape index (κ3) is 2.75. The Hall–Kier alpha value is -0.680. The maximum absolute atomic E-state index is 11.3. The Morgan fingerprint density at radius 1 is 0.853 bits per heavy atom. The molecule has 0 spiro atoms. The number of fused-ring (bicyclic) bond motifs is 7. The minimum absolute atomic E-state index is 0.0221. The van der Waals surface area contributed by atoms with Crippen LogP contribution in [-0.2, 0) is 0 Å². The van der Waals surface area contributed by atoms with E-state index in [1.165, 1.54) is 5.57 Å². The van der Waals surface area contributed by atoms with Crippen LogP contribution in [0.4, 0.5) is 0 Å². The van der Waals surface area contributed by atoms with Crippen LogP contribution in [0.2, 0.25) is 0 Å². The third-order valence-corrected chi connectivity index (χ3v) is 12.8. The van der Waals surface area contributed by atoms with Gasteiger partial charge in [-0.3, -0.25) is 0 Å². The van der Waals surface area contributed by atoms with Crippen molar-refractivity contribution < 1.29 is 20.4 Å². The van der Waals surface area contributed by atoms with E-state index in [0.29, 0.717) is 11.8 Å². The van der Waals surface area contributed by atoms with Gasteiger partial charge in [-0.05, 0) is 77.9 Å². The molecular weight excluding hydrogens is 424 g/mol. The number of rotatable bonds is 1. The minimum atomic E-state index is -0.979. The number of aliphatic hydroxyl groups excluding tert-OH is 4. The molecule has 192 valence electrons. The fraction of sp³-hybridized carbons (Fsp3) is 0.867. The van der Waals surface area contributed by atoms with Crippen LogP contribution in [0, 0.1) is 50.2 Å². The number of hydrogen-bond acceptors (Lipinski definition) is 4. The monoisotopic (exact) mass is 472 g/mol. The quantitative estimate of drug-likeness (QED) is 0.411. The van der Waals surface area contributed by atoms with Crippen LogP contribution >= 0.6 is 0 Å². The van der Waals surface area contributed by atoms with Crippen molar-refractivity contribution in [1.29, 1.82) is 0 Å². The summed E-state index contributed by atoms with van der Waals surface area (Å²) in [5.74, 6) is 1.06. The fourth-order valence-corrected chi connectivity index (χ4v) is 10.2. The number of aliphatic hydroxyl groups is 4. The summed E-state index contributed by atoms with van der Waals surface area (Å²) in [7, 11) is 0. The molecule has 10 atom stereocenters. The molecule has 3 saturated carbocycles. The van der Waals surface area contributed by atoms with Gasteiger partial charge in [0.25, 0.3) is 0 Å². The standard InChI is InChI=1S/C30H48O4/c1-25(2)16-19-18-8-9-21-27(5)12-11-22(32)26(3,4)20(27)10-13-29(21,7)28(18,6)14-15-30(19,17-31)24(34)23(25)33/h8,14-15,19-24,31-34H,9-13,16-17H2,1-7H3/t19-,20-,21+,22-,23+,24-,27-,28+,29+,30-/m0/s1. The lowest BCUT2D eigenvalue weighted by atomic mass is 9.34. The molecule has 4 N–H and O–H groups in total. The van der Waals surface area contributed by atoms with E-state index in [2.05, 4.69) is 52.8 Å². The molecule has 0 radical (unpaired) electrons. The van der Waals surface area contributed by atoms with Crippen LogP contribution in [-0.4, -0.2) is 45.3 Å². The summed E-state index contributed by atoms with van der Waals surface area (Å²) in [5.41, 5.74) is 0.180. The molecular formula is C30H48O4. The highest BCUT2D eigenvalue weighted by Gasteiger charge is 2.68. The molecule has 0 bridgehead atoms. The first-order chi connectivity index (χ1) is 15.6. The molecule has 5 aliphatic rings. The highest BCUT2D eigenvalue weighted by Crippen LogP contribution is 2.74. The van der Waals surface area contributed by atoms with Gasteiger partial charge in [0.05, 0.1) is 24.9 Å². The average Bonchev–Trinajstić information content (AvgIpc) is 2.76. The van der Waals surface area contributed by atoms with E-state index in [9.17, 15) is 20.4 Å². The van der Waals surface area contributed by atoms with Gasteiger partial charge in [0, 0.05) is 10.8 Å². The predicted molar refractivity (Wildman–Crippen MR) is 135 cm³/mol. The second-order valence-electron chi connectivity index (χ2n) is 14.8. The summed E-state index contributed by atoms with van der Waals surface area (Å²) in [6.07, 6.45) is 10.8. The SMILES string of the molecule is CC1(C)C[C@H]2C3=CC[C@@H]4[C@@]5(C)CC[C@H](O)C(C)(C)[C@@H]5CC[C@@]4(C)[C@]3(C)C=C[C@@]2(CO)[C@@H](O)[C@H]1O. The van der Waals surface area contributed by atoms with Gasteiger partial charge >= 0.3 is 0 Å². The van der Waals surface area contributed by atoms with Gasteiger partial charge in [-0.2, -0.15) is 0 Å². The molecule has 0 aliphatic heterocycles. The van der Waals surface area contributed by atoms with Crippen LogP contribution in [0.25, 0.3) is 0 Å². The Morgan fingerprint density at radius 2 is 1.53 bits per heavy atom. The van der Waals surface area contributed by atoms with Crippen LogP contribution in [0.1, 0.15) is 87.0 Å². The zero-order valence-corrected chi connectivity index (χ0v) is 22.4. The first kappa shape index (κ1) is 25.0. The van der Waals surface area contributed by atoms with Crippen molar-refractivity contribution in [2.24, 2.45) is 50.2 Å². The fourth-order valence-electron chi connectivity index (χ4n) is 10.2. The largest absolute Gasteiger partial charge is 0.395 e. The van der Waals surface area contributed by atoms with Gasteiger partial charge in [0.15, 0.2) is 0 Å². The molecule has 0 unspecified atom stereocenters. The molecule has 0 heterocycles. The molecule has 0 saturated heterocycles. The zero-order chi connectivity index (χ0) is 25.1. The summed E-state index contributed by atoms with van der Waals surface area (Å²) in [4.78, 5) is 0. The molecule has 0 aromatic heterocycles. The highest BCUT2D eigenvalue weighted by atomic mass is 16.3. The van der Waals surface area contributed by atoms with Crippen molar-refractivity contribution in [2.75, 3.05) is 6.61 Å². The third-order valence-electron chi connectivity index (χ3n) is 12.8. The van der Waals surface area contributed by atoms with E-state index in [0.717, 1.165) is 38.5 Å². The van der Waals surface area contributed by atoms with Crippen LogP contribution in [0.3, 0.4) is 0 Å². The Kier molecular flexibility index (Phi) is 5.30. The maximum Gasteiger partial charge on any atom is 0.0922 e. The summed E-state index contributed by atoms with van der Waals surface area (Å²) in [6.45, 7) is 15.9. The molecule has 5 aliphatic carbocycles. The van der Waals surface area contributed by atoms with Crippen LogP contribution < -0.4 is 0 Å². The molecule has 3 fully saturated rings. The van der Waals surface area contributed by atoms with Gasteiger partial charge in [-0.15, -0.1) is 0 Å². The highest BCUT2D eigenvalue weighted by molar-refractivity contribution is 5.42. The van der Waals surface area contributed by atoms with Crippen LogP contribution in [0.5, 0.6) is 0 Å². The van der Waals surface area contributed by atoms with Crippen molar-refractivity contribution in [3.63, 3.8) is 0 Å². The maximum atomic E-state index is 11.3. The van der Waals surface area contributed by atoms with Crippen LogP contribution in [0.15, 0.2) is 23.8 Å². The molecule has 4 nitrogen and oxygen atoms in total. The molecule has 0 aromatic carbocycles. The van der Waals surface area contributed by atoms with Crippen molar-refractivity contribution in [3.05, 3.63) is 23.8 Å². The van der Waals surface area contributed by atoms with E-state index in [4.69, 9.17) is 0 Å². The van der Waals surface area contributed by atoms with Gasteiger partial charge in [-0.25, -0.2) is 0 Å². The zero-order valence-electron chi connectivity index (χ0n) is 22.4. The van der Waals surface area contributed by atoms with Crippen molar-refractivity contribution in [3.8, 4) is 0 Å². The van der Waals surface area contributed by atoms with E-state index in [-0.39, 0.29) is 40.3 Å². The topological polar surface area (TPSA) is 80.9 Å². The smallest absolute Gasteiger partial charge is 0.0922 e. The van der Waals surface area contributed by atoms with Crippen molar-refractivity contribution >= 4 is 0 Å². The van der Waals surface area contributed by atoms with E-state index >= 15 is 0 Å². The van der Waals surface area contributed by atoms with Gasteiger partial charge < -0.3 is 20.4 Å². The van der Waals surface area contributed by atoms with E-state index in [1.807, 2.05) is 13.8 Å². The van der Waals surface area contributed by atoms with Gasteiger partial charge in [0.2, 0.25) is 0 Å². The van der Waals surface area contributed by atoms with Gasteiger partial charge in [0.1, 0.15) is 0 Å². The lowest BCUT2D eigenvalue weighted by molar-refractivity contribution is -0.199. The van der Waals surface area contributed by atoms with Crippen molar-refractivity contribution in [1.82, 2.24) is 0 Å². The van der Waals surface area contributed by atoms with E-state index in [1.54, 1.807) is 0 Å². The summed E-state index contributed by atoms with van der Waals surface area (Å²) >= 11 is 0. The predicted octanol–water partition coefficient (Wildman–Crippen LogP) is 4.86. The number of hydrogen-bond donors (Lipinski definition) is 4. The Bertz CT molecular complexity index is 919. The first-order valence-corrected chi connectivity index (χ1v) is 13.7. The Morgan fingerprint density at radius 3 is 2.18 bits per heavy atom. The minimum Gasteiger partial charge on any atom is -0.395 e. The normalized spacial score (nSPS) is 55.3. The summed E-state index contributed by atoms with van der Waals surface area (Å²) in [6, 6.07) is 0. The Labute approximate surface area is 206 Å². The van der Waals surface area contributed by atoms with Crippen molar-refractivity contribution in [2.45, 2.75) is 105 Å². The lowest BCUT2D eigenvalue weighted by Gasteiger charge is -2.70. The molecule has 0 amide bonds. The second kappa shape index (κ2) is 7.21. The molecule has 5 rings (SSSR count). The summed E-state index contributed by atoms with van der Waals surface area (Å²) in [5, 5.41) is 43.7.